The topological polar surface area (TPSA) is 52.7 Å². The molecule has 100 valence electrons. The number of rotatable bonds is 3. The van der Waals surface area contributed by atoms with Crippen LogP contribution in [-0.4, -0.2) is 67.3 Å². The lowest BCUT2D eigenvalue weighted by Crippen LogP contribution is -2.39. The van der Waals surface area contributed by atoms with E-state index in [1.807, 2.05) is 0 Å². The predicted octanol–water partition coefficient (Wildman–Crippen LogP) is -0.0727. The predicted molar refractivity (Wildman–Crippen MR) is 69.7 cm³/mol. The Morgan fingerprint density at radius 2 is 1.94 bits per heavy atom. The van der Waals surface area contributed by atoms with Crippen molar-refractivity contribution in [2.75, 3.05) is 45.7 Å². The van der Waals surface area contributed by atoms with Crippen LogP contribution >= 0.6 is 24.0 Å². The summed E-state index contributed by atoms with van der Waals surface area (Å²) in [6.07, 6.45) is 0.889. The van der Waals surface area contributed by atoms with Gasteiger partial charge < -0.3 is 10.2 Å². The molecule has 0 atom stereocenters. The molecule has 0 unspecified atom stereocenters. The van der Waals surface area contributed by atoms with E-state index in [0.29, 0.717) is 13.1 Å². The van der Waals surface area contributed by atoms with Crippen LogP contribution in [0.3, 0.4) is 0 Å². The van der Waals surface area contributed by atoms with Crippen molar-refractivity contribution in [1.82, 2.24) is 15.1 Å². The van der Waals surface area contributed by atoms with Gasteiger partial charge >= 0.3 is 0 Å². The number of hydrogen-bond acceptors (Lipinski definition) is 3. The zero-order valence-corrected chi connectivity index (χ0v) is 11.5. The summed E-state index contributed by atoms with van der Waals surface area (Å²) in [7, 11) is 1.63. The first-order chi connectivity index (χ1) is 7.67. The van der Waals surface area contributed by atoms with E-state index in [9.17, 15) is 9.59 Å². The van der Waals surface area contributed by atoms with E-state index in [1.54, 1.807) is 11.9 Å². The highest BCUT2D eigenvalue weighted by Gasteiger charge is 2.19. The smallest absolute Gasteiger partial charge is 0.237 e. The van der Waals surface area contributed by atoms with Gasteiger partial charge in [-0.2, -0.15) is 0 Å². The summed E-state index contributed by atoms with van der Waals surface area (Å²) in [5, 5.41) is 2.60. The lowest BCUT2D eigenvalue weighted by molar-refractivity contribution is -0.128. The Morgan fingerprint density at radius 1 is 1.24 bits per heavy atom. The molecule has 0 aromatic heterocycles. The van der Waals surface area contributed by atoms with Crippen molar-refractivity contribution in [3.05, 3.63) is 0 Å². The van der Waals surface area contributed by atoms with Gasteiger partial charge in [0.15, 0.2) is 0 Å². The fourth-order valence-corrected chi connectivity index (χ4v) is 1.91. The van der Waals surface area contributed by atoms with Gasteiger partial charge in [-0.05, 0) is 6.42 Å². The van der Waals surface area contributed by atoms with E-state index >= 15 is 0 Å². The van der Waals surface area contributed by atoms with Gasteiger partial charge in [-0.1, -0.05) is 0 Å². The summed E-state index contributed by atoms with van der Waals surface area (Å²) in [6, 6.07) is 0. The quantitative estimate of drug-likeness (QED) is 0.738. The van der Waals surface area contributed by atoms with Gasteiger partial charge in [0, 0.05) is 33.2 Å². The van der Waals surface area contributed by atoms with Crippen molar-refractivity contribution in [1.29, 1.82) is 0 Å². The van der Waals surface area contributed by atoms with Crippen LogP contribution in [0.5, 0.6) is 0 Å². The van der Waals surface area contributed by atoms with Gasteiger partial charge in [-0.3, -0.25) is 14.5 Å². The molecular weight excluding hydrogens is 265 g/mol. The first kappa shape index (κ1) is 16.5. The van der Waals surface area contributed by atoms with Crippen LogP contribution in [0.4, 0.5) is 0 Å². The third-order valence-electron chi connectivity index (χ3n) is 2.70. The van der Waals surface area contributed by atoms with Crippen molar-refractivity contribution in [2.24, 2.45) is 0 Å². The van der Waals surface area contributed by atoms with Crippen molar-refractivity contribution < 1.29 is 9.59 Å². The summed E-state index contributed by atoms with van der Waals surface area (Å²) < 4.78 is 0. The Morgan fingerprint density at radius 3 is 2.53 bits per heavy atom. The van der Waals surface area contributed by atoms with E-state index in [0.717, 1.165) is 26.1 Å². The molecule has 1 rings (SSSR count). The lowest BCUT2D eigenvalue weighted by Gasteiger charge is -2.20. The second-order valence-electron chi connectivity index (χ2n) is 3.82. The molecule has 1 heterocycles. The molecule has 1 aliphatic rings. The second kappa shape index (κ2) is 8.55. The summed E-state index contributed by atoms with van der Waals surface area (Å²) in [4.78, 5) is 26.4. The minimum Gasteiger partial charge on any atom is -0.358 e. The number of hydrogen-bond donors (Lipinski definition) is 1. The number of amides is 2. The number of carbonyl (C=O) groups is 2. The number of nitrogens with one attached hydrogen (secondary N) is 1. The second-order valence-corrected chi connectivity index (χ2v) is 4.08. The molecule has 1 aliphatic heterocycles. The summed E-state index contributed by atoms with van der Waals surface area (Å²) in [5.74, 6) is 0.0238. The van der Waals surface area contributed by atoms with Gasteiger partial charge in [0.1, 0.15) is 5.88 Å². The molecule has 0 aromatic rings. The van der Waals surface area contributed by atoms with Crippen LogP contribution in [0.1, 0.15) is 6.42 Å². The minimum absolute atomic E-state index is 0. The van der Waals surface area contributed by atoms with Gasteiger partial charge in [0.05, 0.1) is 6.54 Å². The monoisotopic (exact) mass is 283 g/mol. The van der Waals surface area contributed by atoms with Crippen molar-refractivity contribution in [2.45, 2.75) is 6.42 Å². The highest BCUT2D eigenvalue weighted by Crippen LogP contribution is 2.03. The average molecular weight is 284 g/mol. The number of likely N-dealkylation sites (N-methyl/N-ethyl adjacent to an activating group) is 1. The molecule has 0 spiro atoms. The molecule has 2 amide bonds. The third kappa shape index (κ3) is 5.57. The maximum Gasteiger partial charge on any atom is 0.237 e. The Bertz CT molecular complexity index is 264. The normalized spacial score (nSPS) is 16.9. The van der Waals surface area contributed by atoms with E-state index in [2.05, 4.69) is 10.2 Å². The standard InChI is InChI=1S/C10H18ClN3O2.ClH/c1-12-9(15)8-13-3-2-4-14(6-5-13)10(16)7-11;/h2-8H2,1H3,(H,12,15);1H. The third-order valence-corrected chi connectivity index (χ3v) is 2.93. The maximum absolute atomic E-state index is 11.4. The molecule has 1 fully saturated rings. The average Bonchev–Trinajstić information content (AvgIpc) is 2.53. The van der Waals surface area contributed by atoms with Crippen molar-refractivity contribution in [3.63, 3.8) is 0 Å². The lowest BCUT2D eigenvalue weighted by atomic mass is 10.3. The number of nitrogens with zero attached hydrogens (tertiary/aromatic N) is 2. The van der Waals surface area contributed by atoms with E-state index < -0.39 is 0 Å². The molecule has 1 saturated heterocycles. The van der Waals surface area contributed by atoms with E-state index in [-0.39, 0.29) is 30.1 Å². The zero-order chi connectivity index (χ0) is 12.0. The highest BCUT2D eigenvalue weighted by atomic mass is 35.5. The first-order valence-electron chi connectivity index (χ1n) is 5.44. The number of halogens is 2. The van der Waals surface area contributed by atoms with Crippen LogP contribution in [0.25, 0.3) is 0 Å². The Hall–Kier alpha value is -0.520. The molecule has 0 radical (unpaired) electrons. The van der Waals surface area contributed by atoms with Crippen LogP contribution in [-0.2, 0) is 9.59 Å². The van der Waals surface area contributed by atoms with Gasteiger partial charge in [0.25, 0.3) is 0 Å². The fourth-order valence-electron chi connectivity index (χ4n) is 1.75. The Balaban J connectivity index is 0.00000256. The molecule has 0 aromatic carbocycles. The van der Waals surface area contributed by atoms with Crippen molar-refractivity contribution >= 4 is 35.8 Å². The van der Waals surface area contributed by atoms with E-state index in [4.69, 9.17) is 11.6 Å². The summed E-state index contributed by atoms with van der Waals surface area (Å²) in [6.45, 7) is 3.37. The molecule has 0 aliphatic carbocycles. The maximum atomic E-state index is 11.4. The Kier molecular flexibility index (Phi) is 8.29. The van der Waals surface area contributed by atoms with E-state index in [1.165, 1.54) is 0 Å². The fraction of sp³-hybridized carbons (Fsp3) is 0.800. The SMILES string of the molecule is CNC(=O)CN1CCCN(C(=O)CCl)CC1.Cl. The molecule has 0 bridgehead atoms. The molecule has 0 saturated carbocycles. The first-order valence-corrected chi connectivity index (χ1v) is 5.97. The van der Waals surface area contributed by atoms with Crippen LogP contribution < -0.4 is 5.32 Å². The van der Waals surface area contributed by atoms with Crippen molar-refractivity contribution in [3.8, 4) is 0 Å². The molecule has 5 nitrogen and oxygen atoms in total. The summed E-state index contributed by atoms with van der Waals surface area (Å²) in [5.41, 5.74) is 0. The largest absolute Gasteiger partial charge is 0.358 e. The number of carbonyl (C=O) groups excluding carboxylic acids is 2. The molecular formula is C10H19Cl2N3O2. The van der Waals surface area contributed by atoms with Crippen LogP contribution in [0.2, 0.25) is 0 Å². The molecule has 7 heteroatoms. The van der Waals surface area contributed by atoms with Gasteiger partial charge in [0.2, 0.25) is 11.8 Å². The van der Waals surface area contributed by atoms with Crippen LogP contribution in [0, 0.1) is 0 Å². The van der Waals surface area contributed by atoms with Gasteiger partial charge in [-0.25, -0.2) is 0 Å². The number of alkyl halides is 1. The molecule has 1 N–H and O–H groups in total. The molecule has 17 heavy (non-hydrogen) atoms. The summed E-state index contributed by atoms with van der Waals surface area (Å²) >= 11 is 5.51. The minimum atomic E-state index is -0.0246. The highest BCUT2D eigenvalue weighted by molar-refractivity contribution is 6.27. The van der Waals surface area contributed by atoms with Crippen LogP contribution in [0.15, 0.2) is 0 Å². The Labute approximate surface area is 113 Å². The zero-order valence-electron chi connectivity index (χ0n) is 9.95. The van der Waals surface area contributed by atoms with Gasteiger partial charge in [-0.15, -0.1) is 24.0 Å².